The first kappa shape index (κ1) is 11.6. The molecule has 5 heteroatoms. The Balaban J connectivity index is 2.45. The Hall–Kier alpha value is -0.900. The number of rotatable bonds is 2. The van der Waals surface area contributed by atoms with E-state index >= 15 is 0 Å². The number of carbonyl (C=O) groups is 1. The SMILES string of the molecule is O=C(c1ccc(Cl)s1)c1cccc(Cl)c1F. The maximum atomic E-state index is 13.6. The van der Waals surface area contributed by atoms with Crippen molar-refractivity contribution < 1.29 is 9.18 Å². The third-order valence-corrected chi connectivity index (χ3v) is 3.52. The van der Waals surface area contributed by atoms with Crippen molar-refractivity contribution in [2.75, 3.05) is 0 Å². The van der Waals surface area contributed by atoms with Crippen LogP contribution in [-0.4, -0.2) is 5.78 Å². The summed E-state index contributed by atoms with van der Waals surface area (Å²) in [6, 6.07) is 7.50. The fourth-order valence-corrected chi connectivity index (χ4v) is 2.42. The molecule has 0 atom stereocenters. The minimum atomic E-state index is -0.696. The Morgan fingerprint density at radius 1 is 1.19 bits per heavy atom. The van der Waals surface area contributed by atoms with Gasteiger partial charge in [-0.05, 0) is 24.3 Å². The highest BCUT2D eigenvalue weighted by Gasteiger charge is 2.17. The molecule has 82 valence electrons. The molecule has 0 spiro atoms. The second-order valence-corrected chi connectivity index (χ2v) is 5.16. The Labute approximate surface area is 105 Å². The van der Waals surface area contributed by atoms with Gasteiger partial charge in [-0.3, -0.25) is 4.79 Å². The van der Waals surface area contributed by atoms with Gasteiger partial charge >= 0.3 is 0 Å². The highest BCUT2D eigenvalue weighted by molar-refractivity contribution is 7.18. The summed E-state index contributed by atoms with van der Waals surface area (Å²) in [5.41, 5.74) is -0.0361. The van der Waals surface area contributed by atoms with Crippen molar-refractivity contribution in [1.29, 1.82) is 0 Å². The van der Waals surface area contributed by atoms with Gasteiger partial charge in [-0.1, -0.05) is 29.3 Å². The molecule has 0 saturated carbocycles. The molecule has 0 N–H and O–H groups in total. The van der Waals surface area contributed by atoms with Crippen molar-refractivity contribution in [3.05, 3.63) is 55.9 Å². The van der Waals surface area contributed by atoms with Crippen LogP contribution in [0.4, 0.5) is 4.39 Å². The van der Waals surface area contributed by atoms with E-state index < -0.39 is 11.6 Å². The second kappa shape index (κ2) is 4.53. The quantitative estimate of drug-likeness (QED) is 0.741. The van der Waals surface area contributed by atoms with Crippen molar-refractivity contribution in [2.45, 2.75) is 0 Å². The molecule has 0 amide bonds. The molecule has 1 aromatic carbocycles. The lowest BCUT2D eigenvalue weighted by Crippen LogP contribution is -2.02. The summed E-state index contributed by atoms with van der Waals surface area (Å²) in [4.78, 5) is 12.3. The van der Waals surface area contributed by atoms with Crippen LogP contribution in [0.2, 0.25) is 9.36 Å². The van der Waals surface area contributed by atoms with Gasteiger partial charge in [0, 0.05) is 0 Å². The van der Waals surface area contributed by atoms with E-state index in [1.807, 2.05) is 0 Å². The monoisotopic (exact) mass is 274 g/mol. The van der Waals surface area contributed by atoms with Crippen LogP contribution in [0.15, 0.2) is 30.3 Å². The van der Waals surface area contributed by atoms with Gasteiger partial charge in [0.1, 0.15) is 0 Å². The van der Waals surface area contributed by atoms with Crippen LogP contribution in [0.3, 0.4) is 0 Å². The van der Waals surface area contributed by atoms with E-state index in [1.54, 1.807) is 12.1 Å². The molecule has 0 aliphatic heterocycles. The van der Waals surface area contributed by atoms with Crippen molar-refractivity contribution >= 4 is 40.3 Å². The zero-order chi connectivity index (χ0) is 11.7. The Kier molecular flexibility index (Phi) is 3.28. The highest BCUT2D eigenvalue weighted by atomic mass is 35.5. The van der Waals surface area contributed by atoms with E-state index in [4.69, 9.17) is 23.2 Å². The lowest BCUT2D eigenvalue weighted by atomic mass is 10.1. The minimum Gasteiger partial charge on any atom is -0.288 e. The molecule has 0 unspecified atom stereocenters. The van der Waals surface area contributed by atoms with E-state index in [1.165, 1.54) is 18.2 Å². The van der Waals surface area contributed by atoms with Gasteiger partial charge < -0.3 is 0 Å². The number of ketones is 1. The van der Waals surface area contributed by atoms with Gasteiger partial charge in [0.25, 0.3) is 0 Å². The zero-order valence-corrected chi connectivity index (χ0v) is 10.2. The third-order valence-electron chi connectivity index (χ3n) is 1.99. The van der Waals surface area contributed by atoms with E-state index in [0.717, 1.165) is 11.3 Å². The summed E-state index contributed by atoms with van der Waals surface area (Å²) < 4.78 is 14.1. The van der Waals surface area contributed by atoms with Gasteiger partial charge in [0.15, 0.2) is 5.82 Å². The molecule has 0 bridgehead atoms. The summed E-state index contributed by atoms with van der Waals surface area (Å²) in [6.07, 6.45) is 0. The first-order valence-electron chi connectivity index (χ1n) is 4.33. The van der Waals surface area contributed by atoms with Gasteiger partial charge in [0.05, 0.1) is 19.8 Å². The van der Waals surface area contributed by atoms with Crippen molar-refractivity contribution in [2.24, 2.45) is 0 Å². The molecule has 0 saturated heterocycles. The molecule has 1 heterocycles. The van der Waals surface area contributed by atoms with Crippen LogP contribution < -0.4 is 0 Å². The standard InChI is InChI=1S/C11H5Cl2FOS/c12-7-3-1-2-6(10(7)14)11(15)8-4-5-9(13)16-8/h1-5H. The van der Waals surface area contributed by atoms with Crippen LogP contribution in [0.5, 0.6) is 0 Å². The number of hydrogen-bond acceptors (Lipinski definition) is 2. The molecule has 0 fully saturated rings. The molecule has 16 heavy (non-hydrogen) atoms. The molecular formula is C11H5Cl2FOS. The summed E-state index contributed by atoms with van der Waals surface area (Å²) in [5.74, 6) is -1.10. The molecule has 1 nitrogen and oxygen atoms in total. The van der Waals surface area contributed by atoms with Crippen molar-refractivity contribution in [3.63, 3.8) is 0 Å². The molecule has 1 aromatic heterocycles. The van der Waals surface area contributed by atoms with Crippen LogP contribution in [0, 0.1) is 5.82 Å². The highest BCUT2D eigenvalue weighted by Crippen LogP contribution is 2.26. The average Bonchev–Trinajstić information content (AvgIpc) is 2.68. The van der Waals surface area contributed by atoms with Gasteiger partial charge in [-0.25, -0.2) is 4.39 Å². The maximum absolute atomic E-state index is 13.6. The maximum Gasteiger partial charge on any atom is 0.205 e. The smallest absolute Gasteiger partial charge is 0.205 e. The summed E-state index contributed by atoms with van der Waals surface area (Å²) in [7, 11) is 0. The fraction of sp³-hybridized carbons (Fsp3) is 0. The lowest BCUT2D eigenvalue weighted by molar-refractivity contribution is 0.103. The predicted molar refractivity (Wildman–Crippen MR) is 64.2 cm³/mol. The Morgan fingerprint density at radius 2 is 1.94 bits per heavy atom. The van der Waals surface area contributed by atoms with Crippen LogP contribution in [0.25, 0.3) is 0 Å². The van der Waals surface area contributed by atoms with E-state index in [9.17, 15) is 9.18 Å². The van der Waals surface area contributed by atoms with E-state index in [0.29, 0.717) is 9.21 Å². The number of hydrogen-bond donors (Lipinski definition) is 0. The summed E-state index contributed by atoms with van der Waals surface area (Å²) in [5, 5.41) is -0.0616. The first-order valence-corrected chi connectivity index (χ1v) is 5.91. The predicted octanol–water partition coefficient (Wildman–Crippen LogP) is 4.43. The third kappa shape index (κ3) is 2.12. The minimum absolute atomic E-state index is 0.0361. The average molecular weight is 275 g/mol. The molecular weight excluding hydrogens is 270 g/mol. The van der Waals surface area contributed by atoms with Crippen molar-refractivity contribution in [3.8, 4) is 0 Å². The van der Waals surface area contributed by atoms with Gasteiger partial charge in [-0.2, -0.15) is 0 Å². The Morgan fingerprint density at radius 3 is 2.56 bits per heavy atom. The van der Waals surface area contributed by atoms with Gasteiger partial charge in [-0.15, -0.1) is 11.3 Å². The zero-order valence-electron chi connectivity index (χ0n) is 7.84. The normalized spacial score (nSPS) is 10.4. The molecule has 2 aromatic rings. The number of halogens is 3. The van der Waals surface area contributed by atoms with Crippen LogP contribution in [0.1, 0.15) is 15.2 Å². The van der Waals surface area contributed by atoms with E-state index in [2.05, 4.69) is 0 Å². The van der Waals surface area contributed by atoms with Crippen molar-refractivity contribution in [1.82, 2.24) is 0 Å². The fourth-order valence-electron chi connectivity index (χ4n) is 1.25. The number of benzene rings is 1. The lowest BCUT2D eigenvalue weighted by Gasteiger charge is -2.01. The molecule has 0 radical (unpaired) electrons. The van der Waals surface area contributed by atoms with Crippen LogP contribution in [-0.2, 0) is 0 Å². The molecule has 2 rings (SSSR count). The summed E-state index contributed by atoms with van der Waals surface area (Å²) >= 11 is 12.4. The van der Waals surface area contributed by atoms with E-state index in [-0.39, 0.29) is 10.6 Å². The number of thiophene rings is 1. The Bertz CT molecular complexity index is 551. The first-order chi connectivity index (χ1) is 7.59. The van der Waals surface area contributed by atoms with Crippen LogP contribution >= 0.6 is 34.5 Å². The van der Waals surface area contributed by atoms with Gasteiger partial charge in [0.2, 0.25) is 5.78 Å². The molecule has 0 aliphatic rings. The number of carbonyl (C=O) groups excluding carboxylic acids is 1. The largest absolute Gasteiger partial charge is 0.288 e. The molecule has 0 aliphatic carbocycles. The topological polar surface area (TPSA) is 17.1 Å². The second-order valence-electron chi connectivity index (χ2n) is 3.03. The summed E-state index contributed by atoms with van der Waals surface area (Å²) in [6.45, 7) is 0.